The molecule has 2 aromatic carbocycles. The predicted molar refractivity (Wildman–Crippen MR) is 81.1 cm³/mol. The van der Waals surface area contributed by atoms with Gasteiger partial charge >= 0.3 is 0 Å². The fourth-order valence-corrected chi connectivity index (χ4v) is 1.87. The lowest BCUT2D eigenvalue weighted by Gasteiger charge is -2.14. The van der Waals surface area contributed by atoms with Crippen LogP contribution >= 0.6 is 0 Å². The monoisotopic (exact) mass is 289 g/mol. The van der Waals surface area contributed by atoms with Gasteiger partial charge in [0.1, 0.15) is 23.9 Å². The molecular weight excluding hydrogens is 269 g/mol. The number of hydrogen-bond acceptors (Lipinski definition) is 3. The van der Waals surface area contributed by atoms with Gasteiger partial charge in [0.05, 0.1) is 12.6 Å². The highest BCUT2D eigenvalue weighted by Gasteiger charge is 2.07. The Hall–Kier alpha value is -2.07. The van der Waals surface area contributed by atoms with E-state index in [-0.39, 0.29) is 11.9 Å². The summed E-state index contributed by atoms with van der Waals surface area (Å²) in [6.45, 7) is 3.06. The number of hydrogen-bond donors (Lipinski definition) is 1. The quantitative estimate of drug-likeness (QED) is 0.845. The molecule has 112 valence electrons. The third-order valence-corrected chi connectivity index (χ3v) is 3.01. The highest BCUT2D eigenvalue weighted by atomic mass is 19.1. The van der Waals surface area contributed by atoms with E-state index in [2.05, 4.69) is 6.92 Å². The standard InChI is InChI=1S/C17H20FNO2/c1-2-10-20-15-8-6-13(7-9-15)17(19)12-21-16-5-3-4-14(18)11-16/h3-9,11,17H,2,10,12,19H2,1H3. The van der Waals surface area contributed by atoms with Crippen LogP contribution in [0.1, 0.15) is 24.9 Å². The lowest BCUT2D eigenvalue weighted by molar-refractivity contribution is 0.289. The molecule has 0 aliphatic carbocycles. The largest absolute Gasteiger partial charge is 0.494 e. The summed E-state index contributed by atoms with van der Waals surface area (Å²) in [5.41, 5.74) is 7.03. The molecule has 1 atom stereocenters. The average Bonchev–Trinajstić information content (AvgIpc) is 2.51. The zero-order chi connectivity index (χ0) is 15.1. The molecule has 0 bridgehead atoms. The molecule has 0 aromatic heterocycles. The van der Waals surface area contributed by atoms with Crippen molar-refractivity contribution in [3.8, 4) is 11.5 Å². The number of nitrogens with two attached hydrogens (primary N) is 1. The van der Waals surface area contributed by atoms with Crippen molar-refractivity contribution in [2.75, 3.05) is 13.2 Å². The fourth-order valence-electron chi connectivity index (χ4n) is 1.87. The summed E-state index contributed by atoms with van der Waals surface area (Å²) >= 11 is 0. The van der Waals surface area contributed by atoms with Crippen LogP contribution < -0.4 is 15.2 Å². The molecule has 1 unspecified atom stereocenters. The minimum Gasteiger partial charge on any atom is -0.494 e. The Balaban J connectivity index is 1.89. The molecule has 2 rings (SSSR count). The van der Waals surface area contributed by atoms with E-state index in [0.717, 1.165) is 17.7 Å². The third-order valence-electron chi connectivity index (χ3n) is 3.01. The van der Waals surface area contributed by atoms with Gasteiger partial charge in [-0.15, -0.1) is 0 Å². The van der Waals surface area contributed by atoms with E-state index in [0.29, 0.717) is 19.0 Å². The number of benzene rings is 2. The first-order valence-corrected chi connectivity index (χ1v) is 7.05. The van der Waals surface area contributed by atoms with Gasteiger partial charge in [-0.3, -0.25) is 0 Å². The number of halogens is 1. The van der Waals surface area contributed by atoms with Gasteiger partial charge in [-0.2, -0.15) is 0 Å². The van der Waals surface area contributed by atoms with Crippen molar-refractivity contribution in [2.24, 2.45) is 5.73 Å². The van der Waals surface area contributed by atoms with Crippen LogP contribution in [-0.2, 0) is 0 Å². The van der Waals surface area contributed by atoms with Crippen molar-refractivity contribution in [3.05, 3.63) is 59.9 Å². The van der Waals surface area contributed by atoms with Crippen LogP contribution in [0.15, 0.2) is 48.5 Å². The number of ether oxygens (including phenoxy) is 2. The van der Waals surface area contributed by atoms with E-state index in [9.17, 15) is 4.39 Å². The highest BCUT2D eigenvalue weighted by Crippen LogP contribution is 2.19. The van der Waals surface area contributed by atoms with E-state index in [1.165, 1.54) is 12.1 Å². The summed E-state index contributed by atoms with van der Waals surface area (Å²) in [6, 6.07) is 13.4. The van der Waals surface area contributed by atoms with Crippen molar-refractivity contribution in [3.63, 3.8) is 0 Å². The van der Waals surface area contributed by atoms with Gasteiger partial charge in [0.25, 0.3) is 0 Å². The van der Waals surface area contributed by atoms with Crippen molar-refractivity contribution >= 4 is 0 Å². The Bertz CT molecular complexity index is 557. The lowest BCUT2D eigenvalue weighted by atomic mass is 10.1. The van der Waals surface area contributed by atoms with Crippen molar-refractivity contribution in [1.29, 1.82) is 0 Å². The minimum atomic E-state index is -0.321. The van der Waals surface area contributed by atoms with Gasteiger partial charge in [0.2, 0.25) is 0 Å². The van der Waals surface area contributed by atoms with Crippen LogP contribution in [0, 0.1) is 5.82 Å². The van der Waals surface area contributed by atoms with Crippen LogP contribution in [0.2, 0.25) is 0 Å². The van der Waals surface area contributed by atoms with Crippen LogP contribution in [0.5, 0.6) is 11.5 Å². The van der Waals surface area contributed by atoms with E-state index >= 15 is 0 Å². The Morgan fingerprint density at radius 2 is 1.81 bits per heavy atom. The van der Waals surface area contributed by atoms with Crippen LogP contribution in [0.25, 0.3) is 0 Å². The first kappa shape index (κ1) is 15.3. The molecule has 21 heavy (non-hydrogen) atoms. The SMILES string of the molecule is CCCOc1ccc(C(N)COc2cccc(F)c2)cc1. The normalized spacial score (nSPS) is 12.0. The summed E-state index contributed by atoms with van der Waals surface area (Å²) in [7, 11) is 0. The van der Waals surface area contributed by atoms with E-state index < -0.39 is 0 Å². The Morgan fingerprint density at radius 1 is 1.05 bits per heavy atom. The molecule has 0 aliphatic heterocycles. The summed E-state index contributed by atoms with van der Waals surface area (Å²) in [4.78, 5) is 0. The molecule has 0 radical (unpaired) electrons. The fraction of sp³-hybridized carbons (Fsp3) is 0.294. The molecule has 0 saturated carbocycles. The molecule has 0 amide bonds. The van der Waals surface area contributed by atoms with E-state index in [1.54, 1.807) is 12.1 Å². The van der Waals surface area contributed by atoms with Crippen molar-refractivity contribution in [1.82, 2.24) is 0 Å². The van der Waals surface area contributed by atoms with E-state index in [1.807, 2.05) is 24.3 Å². The zero-order valence-corrected chi connectivity index (χ0v) is 12.1. The number of rotatable bonds is 7. The maximum Gasteiger partial charge on any atom is 0.126 e. The van der Waals surface area contributed by atoms with Crippen LogP contribution in [0.3, 0.4) is 0 Å². The second-order valence-corrected chi connectivity index (χ2v) is 4.79. The lowest BCUT2D eigenvalue weighted by Crippen LogP contribution is -2.19. The summed E-state index contributed by atoms with van der Waals surface area (Å²) < 4.78 is 24.1. The van der Waals surface area contributed by atoms with Gasteiger partial charge < -0.3 is 15.2 Å². The smallest absolute Gasteiger partial charge is 0.126 e. The maximum absolute atomic E-state index is 13.0. The molecule has 2 aromatic rings. The molecular formula is C17H20FNO2. The second-order valence-electron chi connectivity index (χ2n) is 4.79. The topological polar surface area (TPSA) is 44.5 Å². The van der Waals surface area contributed by atoms with Gasteiger partial charge in [-0.25, -0.2) is 4.39 Å². The first-order valence-electron chi connectivity index (χ1n) is 7.05. The first-order chi connectivity index (χ1) is 10.2. The highest BCUT2D eigenvalue weighted by molar-refractivity contribution is 5.29. The molecule has 0 heterocycles. The van der Waals surface area contributed by atoms with Gasteiger partial charge in [-0.1, -0.05) is 25.1 Å². The van der Waals surface area contributed by atoms with Crippen LogP contribution in [0.4, 0.5) is 4.39 Å². The van der Waals surface area contributed by atoms with Gasteiger partial charge in [0, 0.05) is 6.07 Å². The summed E-state index contributed by atoms with van der Waals surface area (Å²) in [5, 5.41) is 0. The molecule has 2 N–H and O–H groups in total. The molecule has 0 aliphatic rings. The Kier molecular flexibility index (Phi) is 5.58. The van der Waals surface area contributed by atoms with Crippen molar-refractivity contribution < 1.29 is 13.9 Å². The van der Waals surface area contributed by atoms with Gasteiger partial charge in [0.15, 0.2) is 0 Å². The molecule has 0 fully saturated rings. The second kappa shape index (κ2) is 7.64. The van der Waals surface area contributed by atoms with Crippen molar-refractivity contribution in [2.45, 2.75) is 19.4 Å². The zero-order valence-electron chi connectivity index (χ0n) is 12.1. The maximum atomic E-state index is 13.0. The van der Waals surface area contributed by atoms with Gasteiger partial charge in [-0.05, 0) is 36.2 Å². The average molecular weight is 289 g/mol. The predicted octanol–water partition coefficient (Wildman–Crippen LogP) is 3.69. The Labute approximate surface area is 124 Å². The molecule has 4 heteroatoms. The molecule has 0 saturated heterocycles. The van der Waals surface area contributed by atoms with Crippen LogP contribution in [-0.4, -0.2) is 13.2 Å². The van der Waals surface area contributed by atoms with E-state index in [4.69, 9.17) is 15.2 Å². The third kappa shape index (κ3) is 4.76. The Morgan fingerprint density at radius 3 is 2.48 bits per heavy atom. The molecule has 0 spiro atoms. The molecule has 3 nitrogen and oxygen atoms in total. The summed E-state index contributed by atoms with van der Waals surface area (Å²) in [5.74, 6) is 0.991. The summed E-state index contributed by atoms with van der Waals surface area (Å²) in [6.07, 6.45) is 0.975. The minimum absolute atomic E-state index is 0.270.